The van der Waals surface area contributed by atoms with Crippen molar-refractivity contribution in [1.29, 1.82) is 0 Å². The van der Waals surface area contributed by atoms with Crippen molar-refractivity contribution in [1.82, 2.24) is 10.0 Å². The standard InChI is InChI=1S/C14H21N3O3S/c1-11(18)17-12-5-7-14(8-6-12)21(19,20)16-10-13-4-2-3-9-15-13/h5-8,13,15-16H,2-4,9-10H2,1H3,(H,17,18). The fourth-order valence-corrected chi connectivity index (χ4v) is 3.39. The number of piperidine rings is 1. The van der Waals surface area contributed by atoms with Gasteiger partial charge in [0.05, 0.1) is 4.90 Å². The monoisotopic (exact) mass is 311 g/mol. The molecule has 1 aromatic rings. The molecule has 1 aromatic carbocycles. The van der Waals surface area contributed by atoms with Crippen molar-refractivity contribution in [3.8, 4) is 0 Å². The fraction of sp³-hybridized carbons (Fsp3) is 0.500. The molecular weight excluding hydrogens is 290 g/mol. The Morgan fingerprint density at radius 3 is 2.57 bits per heavy atom. The van der Waals surface area contributed by atoms with Crippen molar-refractivity contribution < 1.29 is 13.2 Å². The number of hydrogen-bond donors (Lipinski definition) is 3. The molecule has 0 spiro atoms. The van der Waals surface area contributed by atoms with Gasteiger partial charge in [0, 0.05) is 25.2 Å². The van der Waals surface area contributed by atoms with E-state index >= 15 is 0 Å². The van der Waals surface area contributed by atoms with Crippen LogP contribution in [0.5, 0.6) is 0 Å². The third kappa shape index (κ3) is 4.80. The molecule has 1 aliphatic heterocycles. The van der Waals surface area contributed by atoms with Gasteiger partial charge in [-0.1, -0.05) is 6.42 Å². The maximum absolute atomic E-state index is 12.2. The van der Waals surface area contributed by atoms with Gasteiger partial charge in [0.25, 0.3) is 0 Å². The molecule has 3 N–H and O–H groups in total. The lowest BCUT2D eigenvalue weighted by atomic mass is 10.1. The van der Waals surface area contributed by atoms with Crippen molar-refractivity contribution in [2.75, 3.05) is 18.4 Å². The Bertz CT molecular complexity index is 578. The van der Waals surface area contributed by atoms with E-state index in [0.717, 1.165) is 25.8 Å². The number of amides is 1. The molecule has 1 unspecified atom stereocenters. The average molecular weight is 311 g/mol. The fourth-order valence-electron chi connectivity index (χ4n) is 2.31. The Morgan fingerprint density at radius 1 is 1.29 bits per heavy atom. The first kappa shape index (κ1) is 15.9. The summed E-state index contributed by atoms with van der Waals surface area (Å²) in [4.78, 5) is 11.1. The molecule has 1 heterocycles. The van der Waals surface area contributed by atoms with E-state index in [2.05, 4.69) is 15.4 Å². The van der Waals surface area contributed by atoms with Crippen LogP contribution in [0.4, 0.5) is 5.69 Å². The van der Waals surface area contributed by atoms with Gasteiger partial charge < -0.3 is 10.6 Å². The molecule has 1 amide bonds. The summed E-state index contributed by atoms with van der Waals surface area (Å²) in [5.74, 6) is -0.188. The number of carbonyl (C=O) groups is 1. The second-order valence-electron chi connectivity index (χ2n) is 5.20. The molecule has 0 radical (unpaired) electrons. The van der Waals surface area contributed by atoms with Crippen LogP contribution in [0.25, 0.3) is 0 Å². The van der Waals surface area contributed by atoms with Crippen LogP contribution in [0.1, 0.15) is 26.2 Å². The number of nitrogens with one attached hydrogen (secondary N) is 3. The van der Waals surface area contributed by atoms with E-state index in [1.165, 1.54) is 19.1 Å². The molecule has 1 fully saturated rings. The van der Waals surface area contributed by atoms with Crippen molar-refractivity contribution >= 4 is 21.6 Å². The molecular formula is C14H21N3O3S. The number of benzene rings is 1. The molecule has 21 heavy (non-hydrogen) atoms. The average Bonchev–Trinajstić information content (AvgIpc) is 2.46. The first-order chi connectivity index (χ1) is 9.97. The van der Waals surface area contributed by atoms with Gasteiger partial charge in [0.15, 0.2) is 0 Å². The smallest absolute Gasteiger partial charge is 0.240 e. The summed E-state index contributed by atoms with van der Waals surface area (Å²) in [6.45, 7) is 2.75. The van der Waals surface area contributed by atoms with E-state index in [-0.39, 0.29) is 16.8 Å². The lowest BCUT2D eigenvalue weighted by Gasteiger charge is -2.23. The normalized spacial score (nSPS) is 19.2. The summed E-state index contributed by atoms with van der Waals surface area (Å²) in [6, 6.07) is 6.33. The summed E-state index contributed by atoms with van der Waals surface area (Å²) in [6.07, 6.45) is 3.27. The van der Waals surface area contributed by atoms with Gasteiger partial charge in [-0.05, 0) is 43.7 Å². The zero-order valence-corrected chi connectivity index (χ0v) is 12.9. The predicted molar refractivity (Wildman–Crippen MR) is 81.6 cm³/mol. The van der Waals surface area contributed by atoms with Crippen molar-refractivity contribution in [3.05, 3.63) is 24.3 Å². The first-order valence-electron chi connectivity index (χ1n) is 7.08. The highest BCUT2D eigenvalue weighted by atomic mass is 32.2. The number of anilines is 1. The third-order valence-corrected chi connectivity index (χ3v) is 4.86. The van der Waals surface area contributed by atoms with Crippen LogP contribution in [-0.4, -0.2) is 33.5 Å². The molecule has 6 nitrogen and oxygen atoms in total. The molecule has 1 atom stereocenters. The quantitative estimate of drug-likeness (QED) is 0.759. The minimum Gasteiger partial charge on any atom is -0.326 e. The SMILES string of the molecule is CC(=O)Nc1ccc(S(=O)(=O)NCC2CCCCN2)cc1. The summed E-state index contributed by atoms with van der Waals surface area (Å²) < 4.78 is 27.0. The Hall–Kier alpha value is -1.44. The first-order valence-corrected chi connectivity index (χ1v) is 8.56. The molecule has 116 valence electrons. The number of rotatable bonds is 5. The molecule has 7 heteroatoms. The van der Waals surface area contributed by atoms with Crippen LogP contribution < -0.4 is 15.4 Å². The Balaban J connectivity index is 1.96. The maximum atomic E-state index is 12.2. The van der Waals surface area contributed by atoms with E-state index in [1.807, 2.05) is 0 Å². The lowest BCUT2D eigenvalue weighted by molar-refractivity contribution is -0.114. The Kier molecular flexibility index (Phi) is 5.33. The number of carbonyl (C=O) groups excluding carboxylic acids is 1. The molecule has 0 bridgehead atoms. The van der Waals surface area contributed by atoms with E-state index in [4.69, 9.17) is 0 Å². The summed E-state index contributed by atoms with van der Waals surface area (Å²) in [7, 11) is -3.51. The van der Waals surface area contributed by atoms with Gasteiger partial charge in [-0.2, -0.15) is 0 Å². The van der Waals surface area contributed by atoms with E-state index in [9.17, 15) is 13.2 Å². The van der Waals surface area contributed by atoms with Crippen LogP contribution in [0, 0.1) is 0 Å². The van der Waals surface area contributed by atoms with Crippen LogP contribution in [0.15, 0.2) is 29.2 Å². The topological polar surface area (TPSA) is 87.3 Å². The van der Waals surface area contributed by atoms with Gasteiger partial charge in [-0.15, -0.1) is 0 Å². The van der Waals surface area contributed by atoms with Gasteiger partial charge in [-0.3, -0.25) is 4.79 Å². The third-order valence-electron chi connectivity index (χ3n) is 3.42. The zero-order chi connectivity index (χ0) is 15.3. The summed E-state index contributed by atoms with van der Waals surface area (Å²) in [5.41, 5.74) is 0.579. The molecule has 2 rings (SSSR count). The Morgan fingerprint density at radius 2 is 2.00 bits per heavy atom. The maximum Gasteiger partial charge on any atom is 0.240 e. The van der Waals surface area contributed by atoms with E-state index in [0.29, 0.717) is 12.2 Å². The minimum absolute atomic E-state index is 0.188. The van der Waals surface area contributed by atoms with Gasteiger partial charge in [0.1, 0.15) is 0 Å². The van der Waals surface area contributed by atoms with Crippen LogP contribution in [0.3, 0.4) is 0 Å². The van der Waals surface area contributed by atoms with Crippen LogP contribution >= 0.6 is 0 Å². The summed E-state index contributed by atoms with van der Waals surface area (Å²) in [5, 5.41) is 5.90. The van der Waals surface area contributed by atoms with Gasteiger partial charge in [0.2, 0.25) is 15.9 Å². The van der Waals surface area contributed by atoms with E-state index in [1.54, 1.807) is 12.1 Å². The Labute approximate surface area is 125 Å². The number of hydrogen-bond acceptors (Lipinski definition) is 4. The second-order valence-corrected chi connectivity index (χ2v) is 6.97. The number of sulfonamides is 1. The van der Waals surface area contributed by atoms with E-state index < -0.39 is 10.0 Å². The highest BCUT2D eigenvalue weighted by Gasteiger charge is 2.18. The van der Waals surface area contributed by atoms with Crippen LogP contribution in [0.2, 0.25) is 0 Å². The van der Waals surface area contributed by atoms with Crippen molar-refractivity contribution in [2.24, 2.45) is 0 Å². The zero-order valence-electron chi connectivity index (χ0n) is 12.1. The predicted octanol–water partition coefficient (Wildman–Crippen LogP) is 1.07. The summed E-state index contributed by atoms with van der Waals surface area (Å²) >= 11 is 0. The minimum atomic E-state index is -3.51. The van der Waals surface area contributed by atoms with Crippen molar-refractivity contribution in [2.45, 2.75) is 37.1 Å². The van der Waals surface area contributed by atoms with Crippen molar-refractivity contribution in [3.63, 3.8) is 0 Å². The van der Waals surface area contributed by atoms with Gasteiger partial charge in [-0.25, -0.2) is 13.1 Å². The largest absolute Gasteiger partial charge is 0.326 e. The second kappa shape index (κ2) is 7.02. The highest BCUT2D eigenvalue weighted by molar-refractivity contribution is 7.89. The molecule has 0 saturated carbocycles. The van der Waals surface area contributed by atoms with Gasteiger partial charge >= 0.3 is 0 Å². The molecule has 0 aliphatic carbocycles. The lowest BCUT2D eigenvalue weighted by Crippen LogP contribution is -2.43. The molecule has 1 aliphatic rings. The molecule has 1 saturated heterocycles. The highest BCUT2D eigenvalue weighted by Crippen LogP contribution is 2.14. The van der Waals surface area contributed by atoms with Crippen LogP contribution in [-0.2, 0) is 14.8 Å². The molecule has 0 aromatic heterocycles.